The monoisotopic (exact) mass is 558 g/mol. The van der Waals surface area contributed by atoms with Gasteiger partial charge in [0, 0.05) is 34.7 Å². The van der Waals surface area contributed by atoms with Crippen molar-refractivity contribution in [3.05, 3.63) is 108 Å². The molecular formula is C29H21F3N6O3. The van der Waals surface area contributed by atoms with Crippen LogP contribution in [0.3, 0.4) is 0 Å². The van der Waals surface area contributed by atoms with Crippen LogP contribution in [-0.2, 0) is 11.0 Å². The lowest BCUT2D eigenvalue weighted by atomic mass is 10.1. The molecule has 3 heterocycles. The number of carbonyl (C=O) groups is 2. The van der Waals surface area contributed by atoms with Crippen LogP contribution in [0.2, 0.25) is 0 Å². The molecule has 0 bridgehead atoms. The van der Waals surface area contributed by atoms with Crippen LogP contribution in [0.5, 0.6) is 0 Å². The molecule has 0 fully saturated rings. The molecule has 5 aromatic rings. The quantitative estimate of drug-likeness (QED) is 0.143. The second-order valence-corrected chi connectivity index (χ2v) is 8.96. The molecule has 3 N–H and O–H groups in total. The molecule has 2 aromatic carbocycles. The first-order chi connectivity index (χ1) is 19.6. The average Bonchev–Trinajstić information content (AvgIpc) is 3.40. The summed E-state index contributed by atoms with van der Waals surface area (Å²) in [5, 5.41) is 15.8. The topological polar surface area (TPSA) is 122 Å². The van der Waals surface area contributed by atoms with E-state index in [4.69, 9.17) is 5.21 Å². The van der Waals surface area contributed by atoms with Crippen molar-refractivity contribution < 1.29 is 28.0 Å². The smallest absolute Gasteiger partial charge is 0.322 e. The number of alkyl halides is 3. The molecule has 0 aliphatic rings. The summed E-state index contributed by atoms with van der Waals surface area (Å²) in [6.45, 7) is 1.83. The Bertz CT molecular complexity index is 1810. The summed E-state index contributed by atoms with van der Waals surface area (Å²) in [4.78, 5) is 32.3. The number of aryl methyl sites for hydroxylation is 1. The molecule has 5 rings (SSSR count). The normalized spacial score (nSPS) is 11.6. The molecule has 2 amide bonds. The highest BCUT2D eigenvalue weighted by Gasteiger charge is 2.35. The summed E-state index contributed by atoms with van der Waals surface area (Å²) in [6.07, 6.45) is 0.626. The van der Waals surface area contributed by atoms with Crippen LogP contribution in [0, 0.1) is 6.92 Å². The number of nitrogens with one attached hydrogen (secondary N) is 2. The number of hydrogen-bond donors (Lipinski definition) is 3. The van der Waals surface area contributed by atoms with Crippen LogP contribution in [0.25, 0.3) is 34.2 Å². The minimum atomic E-state index is -4.63. The van der Waals surface area contributed by atoms with Crippen molar-refractivity contribution in [2.24, 2.45) is 0 Å². The van der Waals surface area contributed by atoms with Gasteiger partial charge < -0.3 is 5.32 Å². The van der Waals surface area contributed by atoms with Crippen molar-refractivity contribution in [3.63, 3.8) is 0 Å². The number of fused-ring (bicyclic) bond motifs is 1. The van der Waals surface area contributed by atoms with Gasteiger partial charge in [-0.2, -0.15) is 18.3 Å². The lowest BCUT2D eigenvalue weighted by molar-refractivity contribution is -0.140. The molecule has 41 heavy (non-hydrogen) atoms. The molecule has 0 spiro atoms. The summed E-state index contributed by atoms with van der Waals surface area (Å²) in [6, 6.07) is 17.7. The molecule has 0 aliphatic carbocycles. The van der Waals surface area contributed by atoms with E-state index in [1.54, 1.807) is 42.6 Å². The highest BCUT2D eigenvalue weighted by molar-refractivity contribution is 6.05. The van der Waals surface area contributed by atoms with Gasteiger partial charge in [0.25, 0.3) is 11.8 Å². The molecule has 0 saturated heterocycles. The van der Waals surface area contributed by atoms with Crippen molar-refractivity contribution in [2.75, 3.05) is 5.32 Å². The summed E-state index contributed by atoms with van der Waals surface area (Å²) in [5.41, 5.74) is 4.25. The number of amides is 2. The van der Waals surface area contributed by atoms with Gasteiger partial charge in [-0.3, -0.25) is 19.8 Å². The number of anilines is 1. The molecule has 9 nitrogen and oxygen atoms in total. The van der Waals surface area contributed by atoms with Crippen molar-refractivity contribution in [3.8, 4) is 22.5 Å². The molecule has 206 valence electrons. The Morgan fingerprint density at radius 3 is 2.61 bits per heavy atom. The van der Waals surface area contributed by atoms with Gasteiger partial charge in [-0.25, -0.2) is 15.0 Å². The fraction of sp³-hybridized carbons (Fsp3) is 0.0690. The maximum atomic E-state index is 13.5. The first-order valence-electron chi connectivity index (χ1n) is 12.2. The number of nitrogens with zero attached hydrogens (tertiary/aromatic N) is 4. The highest BCUT2D eigenvalue weighted by atomic mass is 19.4. The lowest BCUT2D eigenvalue weighted by Crippen LogP contribution is -2.15. The highest BCUT2D eigenvalue weighted by Crippen LogP contribution is 2.35. The zero-order chi connectivity index (χ0) is 29.1. The van der Waals surface area contributed by atoms with Crippen LogP contribution < -0.4 is 10.8 Å². The number of rotatable bonds is 6. The Morgan fingerprint density at radius 2 is 1.83 bits per heavy atom. The molecule has 0 aliphatic heterocycles. The Kier molecular flexibility index (Phi) is 7.32. The Labute approximate surface area is 231 Å². The molecular weight excluding hydrogens is 537 g/mol. The number of hydroxylamine groups is 1. The predicted octanol–water partition coefficient (Wildman–Crippen LogP) is 5.56. The van der Waals surface area contributed by atoms with E-state index in [0.717, 1.165) is 17.8 Å². The van der Waals surface area contributed by atoms with Crippen LogP contribution in [0.15, 0.2) is 85.2 Å². The maximum absolute atomic E-state index is 13.5. The van der Waals surface area contributed by atoms with Gasteiger partial charge >= 0.3 is 6.18 Å². The molecule has 0 saturated carbocycles. The van der Waals surface area contributed by atoms with E-state index in [-0.39, 0.29) is 17.2 Å². The zero-order valence-electron chi connectivity index (χ0n) is 21.3. The van der Waals surface area contributed by atoms with Crippen LogP contribution in [0.1, 0.15) is 27.2 Å². The number of benzene rings is 2. The van der Waals surface area contributed by atoms with E-state index in [0.29, 0.717) is 33.7 Å². The number of halogens is 3. The van der Waals surface area contributed by atoms with Gasteiger partial charge in [0.2, 0.25) is 0 Å². The standard InChI is InChI=1S/C29H21F3N6O3/c1-17-7-9-19(15-23(17)35-28(40)20-5-2-4-18(14-20)8-12-26(39)37-41)24-16-38-25(34-24)11-10-22(36-38)21-6-3-13-33-27(21)29(30,31)32/h2-16,41H,1H3,(H,35,40)(H,37,39)/b12-8+. The number of carbonyl (C=O) groups excluding carboxylic acids is 2. The Morgan fingerprint density at radius 1 is 1.00 bits per heavy atom. The average molecular weight is 559 g/mol. The van der Waals surface area contributed by atoms with Crippen molar-refractivity contribution in [1.82, 2.24) is 25.1 Å². The SMILES string of the molecule is Cc1ccc(-c2cn3nc(-c4cccnc4C(F)(F)F)ccc3n2)cc1NC(=O)c1cccc(/C=C/C(=O)NO)c1. The molecule has 3 aromatic heterocycles. The summed E-state index contributed by atoms with van der Waals surface area (Å²) in [7, 11) is 0. The van der Waals surface area contributed by atoms with E-state index in [1.807, 2.05) is 19.1 Å². The first-order valence-corrected chi connectivity index (χ1v) is 12.2. The van der Waals surface area contributed by atoms with Gasteiger partial charge in [-0.05, 0) is 66.6 Å². The number of aromatic nitrogens is 4. The molecule has 12 heteroatoms. The zero-order valence-corrected chi connectivity index (χ0v) is 21.3. The molecule has 0 unspecified atom stereocenters. The van der Waals surface area contributed by atoms with E-state index >= 15 is 0 Å². The van der Waals surface area contributed by atoms with Crippen LogP contribution in [-0.4, -0.2) is 36.6 Å². The lowest BCUT2D eigenvalue weighted by Gasteiger charge is -2.10. The number of hydrogen-bond acceptors (Lipinski definition) is 6. The summed E-state index contributed by atoms with van der Waals surface area (Å²) < 4.78 is 41.8. The van der Waals surface area contributed by atoms with Gasteiger partial charge in [0.1, 0.15) is 0 Å². The molecule has 0 atom stereocenters. The van der Waals surface area contributed by atoms with Crippen molar-refractivity contribution >= 4 is 29.2 Å². The van der Waals surface area contributed by atoms with Gasteiger partial charge in [-0.1, -0.05) is 24.3 Å². The minimum Gasteiger partial charge on any atom is -0.322 e. The fourth-order valence-corrected chi connectivity index (χ4v) is 4.11. The van der Waals surface area contributed by atoms with E-state index in [1.165, 1.54) is 34.3 Å². The Balaban J connectivity index is 1.42. The van der Waals surface area contributed by atoms with E-state index in [2.05, 4.69) is 20.4 Å². The van der Waals surface area contributed by atoms with E-state index in [9.17, 15) is 22.8 Å². The van der Waals surface area contributed by atoms with Crippen molar-refractivity contribution in [1.29, 1.82) is 0 Å². The third kappa shape index (κ3) is 5.97. The van der Waals surface area contributed by atoms with Crippen molar-refractivity contribution in [2.45, 2.75) is 13.1 Å². The first kappa shape index (κ1) is 27.2. The van der Waals surface area contributed by atoms with Crippen LogP contribution >= 0.6 is 0 Å². The minimum absolute atomic E-state index is 0.0906. The second kappa shape index (κ2) is 11.0. The van der Waals surface area contributed by atoms with E-state index < -0.39 is 17.8 Å². The number of pyridine rings is 1. The van der Waals surface area contributed by atoms with Crippen LogP contribution in [0.4, 0.5) is 18.9 Å². The summed E-state index contributed by atoms with van der Waals surface area (Å²) in [5.74, 6) is -1.08. The van der Waals surface area contributed by atoms with Gasteiger partial charge in [0.15, 0.2) is 11.3 Å². The fourth-order valence-electron chi connectivity index (χ4n) is 4.11. The largest absolute Gasteiger partial charge is 0.434 e. The maximum Gasteiger partial charge on any atom is 0.434 e. The second-order valence-electron chi connectivity index (χ2n) is 8.96. The van der Waals surface area contributed by atoms with Gasteiger partial charge in [-0.15, -0.1) is 0 Å². The third-order valence-corrected chi connectivity index (χ3v) is 6.14. The van der Waals surface area contributed by atoms with Gasteiger partial charge in [0.05, 0.1) is 17.6 Å². The third-order valence-electron chi connectivity index (χ3n) is 6.14. The summed E-state index contributed by atoms with van der Waals surface area (Å²) >= 11 is 0. The number of imidazole rings is 1. The predicted molar refractivity (Wildman–Crippen MR) is 145 cm³/mol. The molecule has 0 radical (unpaired) electrons. The Hall–Kier alpha value is -5.36.